The highest BCUT2D eigenvalue weighted by atomic mass is 14.9. The lowest BCUT2D eigenvalue weighted by atomic mass is 10.1. The first-order chi connectivity index (χ1) is 8.83. The van der Waals surface area contributed by atoms with Gasteiger partial charge in [0, 0.05) is 25.0 Å². The molecule has 0 saturated carbocycles. The molecular weight excluding hydrogens is 220 g/mol. The Morgan fingerprint density at radius 3 is 2.61 bits per heavy atom. The first-order valence-corrected chi connectivity index (χ1v) is 6.42. The summed E-state index contributed by atoms with van der Waals surface area (Å²) < 4.78 is 0. The smallest absolute Gasteiger partial charge is 0.0401 e. The van der Waals surface area contributed by atoms with Crippen LogP contribution in [-0.4, -0.2) is 7.05 Å². The number of hydrogen-bond acceptors (Lipinski definition) is 2. The van der Waals surface area contributed by atoms with Gasteiger partial charge in [-0.1, -0.05) is 37.3 Å². The van der Waals surface area contributed by atoms with E-state index in [-0.39, 0.29) is 0 Å². The molecule has 2 aromatic rings. The monoisotopic (exact) mass is 240 g/mol. The van der Waals surface area contributed by atoms with Crippen molar-refractivity contribution < 1.29 is 0 Å². The maximum Gasteiger partial charge on any atom is 0.0401 e. The Morgan fingerprint density at radius 2 is 1.83 bits per heavy atom. The predicted octanol–water partition coefficient (Wildman–Crippen LogP) is 3.90. The van der Waals surface area contributed by atoms with E-state index in [1.807, 2.05) is 7.05 Å². The van der Waals surface area contributed by atoms with Gasteiger partial charge in [0.05, 0.1) is 0 Å². The summed E-state index contributed by atoms with van der Waals surface area (Å²) in [4.78, 5) is 0. The number of para-hydroxylation sites is 1. The van der Waals surface area contributed by atoms with Crippen LogP contribution in [0.25, 0.3) is 0 Å². The van der Waals surface area contributed by atoms with Crippen molar-refractivity contribution in [3.8, 4) is 0 Å². The summed E-state index contributed by atoms with van der Waals surface area (Å²) in [5, 5.41) is 6.66. The maximum absolute atomic E-state index is 3.50. The Kier molecular flexibility index (Phi) is 4.24. The van der Waals surface area contributed by atoms with Crippen molar-refractivity contribution in [3.63, 3.8) is 0 Å². The van der Waals surface area contributed by atoms with Crippen molar-refractivity contribution in [3.05, 3.63) is 59.7 Å². The third-order valence-corrected chi connectivity index (χ3v) is 3.10. The summed E-state index contributed by atoms with van der Waals surface area (Å²) >= 11 is 0. The van der Waals surface area contributed by atoms with Crippen molar-refractivity contribution in [2.24, 2.45) is 0 Å². The summed E-state index contributed by atoms with van der Waals surface area (Å²) in [5.41, 5.74) is 5.03. The Bertz CT molecular complexity index is 506. The van der Waals surface area contributed by atoms with Crippen LogP contribution in [0.2, 0.25) is 0 Å². The largest absolute Gasteiger partial charge is 0.388 e. The molecule has 0 aliphatic rings. The summed E-state index contributed by atoms with van der Waals surface area (Å²) in [6, 6.07) is 16.9. The Hall–Kier alpha value is -1.96. The lowest BCUT2D eigenvalue weighted by molar-refractivity contribution is 1.09. The zero-order chi connectivity index (χ0) is 12.8. The second-order valence-corrected chi connectivity index (χ2v) is 4.31. The number of rotatable bonds is 5. The molecule has 2 heteroatoms. The van der Waals surface area contributed by atoms with Gasteiger partial charge in [0.1, 0.15) is 0 Å². The zero-order valence-electron chi connectivity index (χ0n) is 11.0. The third kappa shape index (κ3) is 3.04. The number of nitrogens with one attached hydrogen (secondary N) is 2. The van der Waals surface area contributed by atoms with E-state index >= 15 is 0 Å². The van der Waals surface area contributed by atoms with Crippen LogP contribution in [0.5, 0.6) is 0 Å². The van der Waals surface area contributed by atoms with Gasteiger partial charge in [-0.3, -0.25) is 0 Å². The highest BCUT2D eigenvalue weighted by molar-refractivity contribution is 5.52. The van der Waals surface area contributed by atoms with Gasteiger partial charge < -0.3 is 10.6 Å². The van der Waals surface area contributed by atoms with Gasteiger partial charge in [0.15, 0.2) is 0 Å². The van der Waals surface area contributed by atoms with Crippen LogP contribution >= 0.6 is 0 Å². The van der Waals surface area contributed by atoms with Gasteiger partial charge in [-0.2, -0.15) is 0 Å². The molecule has 0 bridgehead atoms. The molecule has 94 valence electrons. The fraction of sp³-hybridized carbons (Fsp3) is 0.250. The first-order valence-electron chi connectivity index (χ1n) is 6.42. The molecule has 0 saturated heterocycles. The fourth-order valence-corrected chi connectivity index (χ4v) is 2.04. The molecule has 0 atom stereocenters. The lowest BCUT2D eigenvalue weighted by Crippen LogP contribution is -2.02. The SMILES string of the molecule is CCc1ccccc1NCc1cccc(NC)c1. The summed E-state index contributed by atoms with van der Waals surface area (Å²) in [5.74, 6) is 0. The van der Waals surface area contributed by atoms with Crippen LogP contribution in [-0.2, 0) is 13.0 Å². The average Bonchev–Trinajstić information content (AvgIpc) is 2.45. The van der Waals surface area contributed by atoms with Crippen LogP contribution in [0, 0.1) is 0 Å². The maximum atomic E-state index is 3.50. The molecule has 2 N–H and O–H groups in total. The van der Waals surface area contributed by atoms with Gasteiger partial charge in [0.25, 0.3) is 0 Å². The molecule has 0 radical (unpaired) electrons. The zero-order valence-corrected chi connectivity index (χ0v) is 11.0. The molecule has 0 aromatic heterocycles. The highest BCUT2D eigenvalue weighted by Crippen LogP contribution is 2.17. The van der Waals surface area contributed by atoms with Gasteiger partial charge in [0.2, 0.25) is 0 Å². The van der Waals surface area contributed by atoms with Gasteiger partial charge in [-0.25, -0.2) is 0 Å². The molecular formula is C16H20N2. The number of hydrogen-bond donors (Lipinski definition) is 2. The molecule has 18 heavy (non-hydrogen) atoms. The third-order valence-electron chi connectivity index (χ3n) is 3.10. The number of aryl methyl sites for hydroxylation is 1. The molecule has 0 aliphatic heterocycles. The predicted molar refractivity (Wildman–Crippen MR) is 79.1 cm³/mol. The minimum Gasteiger partial charge on any atom is -0.388 e. The second kappa shape index (κ2) is 6.10. The van der Waals surface area contributed by atoms with Crippen molar-refractivity contribution in [1.82, 2.24) is 0 Å². The minimum atomic E-state index is 0.854. The van der Waals surface area contributed by atoms with E-state index in [4.69, 9.17) is 0 Å². The lowest BCUT2D eigenvalue weighted by Gasteiger charge is -2.11. The van der Waals surface area contributed by atoms with Crippen LogP contribution in [0.3, 0.4) is 0 Å². The quantitative estimate of drug-likeness (QED) is 0.828. The molecule has 0 amide bonds. The average molecular weight is 240 g/mol. The van der Waals surface area contributed by atoms with Gasteiger partial charge >= 0.3 is 0 Å². The Morgan fingerprint density at radius 1 is 1.00 bits per heavy atom. The van der Waals surface area contributed by atoms with Crippen LogP contribution in [0.1, 0.15) is 18.1 Å². The van der Waals surface area contributed by atoms with E-state index in [2.05, 4.69) is 66.1 Å². The fourth-order valence-electron chi connectivity index (χ4n) is 2.04. The van der Waals surface area contributed by atoms with E-state index in [9.17, 15) is 0 Å². The molecule has 0 fully saturated rings. The van der Waals surface area contributed by atoms with Crippen molar-refractivity contribution >= 4 is 11.4 Å². The van der Waals surface area contributed by atoms with Crippen molar-refractivity contribution in [2.75, 3.05) is 17.7 Å². The van der Waals surface area contributed by atoms with Crippen LogP contribution < -0.4 is 10.6 Å². The topological polar surface area (TPSA) is 24.1 Å². The molecule has 2 aromatic carbocycles. The van der Waals surface area contributed by atoms with E-state index in [1.54, 1.807) is 0 Å². The summed E-state index contributed by atoms with van der Waals surface area (Å²) in [6.07, 6.45) is 1.06. The normalized spacial score (nSPS) is 10.1. The van der Waals surface area contributed by atoms with Crippen molar-refractivity contribution in [1.29, 1.82) is 0 Å². The van der Waals surface area contributed by atoms with Gasteiger partial charge in [-0.15, -0.1) is 0 Å². The summed E-state index contributed by atoms with van der Waals surface area (Å²) in [6.45, 7) is 3.04. The molecule has 0 heterocycles. The van der Waals surface area contributed by atoms with E-state index < -0.39 is 0 Å². The highest BCUT2D eigenvalue weighted by Gasteiger charge is 1.99. The number of anilines is 2. The van der Waals surface area contributed by atoms with Gasteiger partial charge in [-0.05, 0) is 35.7 Å². The minimum absolute atomic E-state index is 0.854. The van der Waals surface area contributed by atoms with E-state index in [0.29, 0.717) is 0 Å². The molecule has 0 unspecified atom stereocenters. The van der Waals surface area contributed by atoms with Crippen molar-refractivity contribution in [2.45, 2.75) is 19.9 Å². The van der Waals surface area contributed by atoms with E-state index in [0.717, 1.165) is 18.7 Å². The Labute approximate surface area is 109 Å². The van der Waals surface area contributed by atoms with Crippen LogP contribution in [0.15, 0.2) is 48.5 Å². The van der Waals surface area contributed by atoms with E-state index in [1.165, 1.54) is 16.8 Å². The second-order valence-electron chi connectivity index (χ2n) is 4.31. The first kappa shape index (κ1) is 12.5. The molecule has 2 rings (SSSR count). The summed E-state index contributed by atoms with van der Waals surface area (Å²) in [7, 11) is 1.94. The molecule has 2 nitrogen and oxygen atoms in total. The Balaban J connectivity index is 2.06. The standard InChI is InChI=1S/C16H20N2/c1-3-14-8-4-5-10-16(14)18-12-13-7-6-9-15(11-13)17-2/h4-11,17-18H,3,12H2,1-2H3. The molecule has 0 aliphatic carbocycles. The number of benzene rings is 2. The molecule has 0 spiro atoms. The van der Waals surface area contributed by atoms with Crippen LogP contribution in [0.4, 0.5) is 11.4 Å².